The fourth-order valence-corrected chi connectivity index (χ4v) is 7.01. The summed E-state index contributed by atoms with van der Waals surface area (Å²) in [6.45, 7) is 4.30. The molecule has 0 aromatic heterocycles. The zero-order chi connectivity index (χ0) is 28.3. The standard InChI is InChI=1S/C31H44N2O5S/c1-3-4-5-6-7-14-23-39(37,38)33-21-19-31(20-22-33,27-17-12-9-13-18-27)30(36)32-28(25(2)29(34)35)24-26-15-10-8-11-16-26/h8-13,15-18,25,28H,3-7,14,19-24H2,1-2H3,(H,32,36)(H,34,35). The van der Waals surface area contributed by atoms with Gasteiger partial charge in [-0.1, -0.05) is 99.7 Å². The van der Waals surface area contributed by atoms with E-state index >= 15 is 0 Å². The second-order valence-electron chi connectivity index (χ2n) is 10.8. The van der Waals surface area contributed by atoms with E-state index in [0.29, 0.717) is 25.7 Å². The van der Waals surface area contributed by atoms with Gasteiger partial charge in [0.25, 0.3) is 0 Å². The monoisotopic (exact) mass is 556 g/mol. The maximum Gasteiger partial charge on any atom is 0.308 e. The number of carbonyl (C=O) groups is 2. The number of rotatable bonds is 15. The molecule has 0 bridgehead atoms. The third-order valence-electron chi connectivity index (χ3n) is 8.09. The lowest BCUT2D eigenvalue weighted by Crippen LogP contribution is -2.56. The van der Waals surface area contributed by atoms with Crippen molar-refractivity contribution in [3.63, 3.8) is 0 Å². The van der Waals surface area contributed by atoms with Crippen LogP contribution in [0.1, 0.15) is 76.3 Å². The second-order valence-corrected chi connectivity index (χ2v) is 12.9. The Morgan fingerprint density at radius 2 is 1.49 bits per heavy atom. The van der Waals surface area contributed by atoms with Gasteiger partial charge in [-0.3, -0.25) is 9.59 Å². The number of aliphatic carboxylic acids is 1. The number of nitrogens with one attached hydrogen (secondary N) is 1. The predicted octanol–water partition coefficient (Wildman–Crippen LogP) is 5.16. The molecule has 214 valence electrons. The smallest absolute Gasteiger partial charge is 0.308 e. The number of amides is 1. The number of unbranched alkanes of at least 4 members (excludes halogenated alkanes) is 5. The van der Waals surface area contributed by atoms with Crippen LogP contribution in [-0.4, -0.2) is 54.6 Å². The molecule has 0 radical (unpaired) electrons. The fraction of sp³-hybridized carbons (Fsp3) is 0.548. The minimum atomic E-state index is -3.40. The van der Waals surface area contributed by atoms with Gasteiger partial charge >= 0.3 is 5.97 Å². The third kappa shape index (κ3) is 8.39. The SMILES string of the molecule is CCCCCCCCS(=O)(=O)N1CCC(C(=O)NC(Cc2ccccc2)C(C)C(=O)O)(c2ccccc2)CC1. The van der Waals surface area contributed by atoms with Gasteiger partial charge < -0.3 is 10.4 Å². The molecular weight excluding hydrogens is 512 g/mol. The largest absolute Gasteiger partial charge is 0.481 e. The molecule has 1 heterocycles. The Kier molecular flexibility index (Phi) is 11.5. The molecule has 1 aliphatic heterocycles. The lowest BCUT2D eigenvalue weighted by molar-refractivity contribution is -0.142. The van der Waals surface area contributed by atoms with Crippen molar-refractivity contribution in [1.82, 2.24) is 9.62 Å². The summed E-state index contributed by atoms with van der Waals surface area (Å²) >= 11 is 0. The second kappa shape index (κ2) is 14.6. The zero-order valence-electron chi connectivity index (χ0n) is 23.3. The summed E-state index contributed by atoms with van der Waals surface area (Å²) in [6.07, 6.45) is 7.18. The van der Waals surface area contributed by atoms with Crippen molar-refractivity contribution in [1.29, 1.82) is 0 Å². The Bertz CT molecular complexity index is 1150. The van der Waals surface area contributed by atoms with Crippen LogP contribution in [0.2, 0.25) is 0 Å². The van der Waals surface area contributed by atoms with E-state index in [4.69, 9.17) is 0 Å². The molecule has 2 aromatic rings. The van der Waals surface area contributed by atoms with Gasteiger partial charge in [0.1, 0.15) is 0 Å². The Balaban J connectivity index is 1.75. The van der Waals surface area contributed by atoms with E-state index in [1.807, 2.05) is 60.7 Å². The number of sulfonamides is 1. The first-order valence-electron chi connectivity index (χ1n) is 14.3. The Morgan fingerprint density at radius 3 is 2.08 bits per heavy atom. The van der Waals surface area contributed by atoms with Crippen molar-refractivity contribution in [2.45, 2.75) is 83.1 Å². The average molecular weight is 557 g/mol. The molecule has 1 aliphatic rings. The first-order chi connectivity index (χ1) is 18.7. The minimum Gasteiger partial charge on any atom is -0.481 e. The van der Waals surface area contributed by atoms with Crippen LogP contribution in [-0.2, 0) is 31.4 Å². The highest BCUT2D eigenvalue weighted by atomic mass is 32.2. The highest BCUT2D eigenvalue weighted by Crippen LogP contribution is 2.37. The summed E-state index contributed by atoms with van der Waals surface area (Å²) in [6, 6.07) is 18.4. The first-order valence-corrected chi connectivity index (χ1v) is 15.9. The molecule has 1 saturated heterocycles. The summed E-state index contributed by atoms with van der Waals surface area (Å²) in [4.78, 5) is 26.0. The number of hydrogen-bond donors (Lipinski definition) is 2. The maximum absolute atomic E-state index is 14.0. The van der Waals surface area contributed by atoms with Crippen molar-refractivity contribution in [3.05, 3.63) is 71.8 Å². The Hall–Kier alpha value is -2.71. The Morgan fingerprint density at radius 1 is 0.923 bits per heavy atom. The summed E-state index contributed by atoms with van der Waals surface area (Å²) in [7, 11) is -3.40. The van der Waals surface area contributed by atoms with Crippen LogP contribution in [0.25, 0.3) is 0 Å². The number of benzene rings is 2. The van der Waals surface area contributed by atoms with E-state index < -0.39 is 33.4 Å². The molecule has 1 amide bonds. The van der Waals surface area contributed by atoms with Gasteiger partial charge in [0, 0.05) is 19.1 Å². The molecule has 3 rings (SSSR count). The number of hydrogen-bond acceptors (Lipinski definition) is 4. The third-order valence-corrected chi connectivity index (χ3v) is 10.1. The van der Waals surface area contributed by atoms with Crippen LogP contribution in [0.3, 0.4) is 0 Å². The topological polar surface area (TPSA) is 104 Å². The molecule has 2 N–H and O–H groups in total. The number of nitrogens with zero attached hydrogens (tertiary/aromatic N) is 1. The number of carboxylic acids is 1. The van der Waals surface area contributed by atoms with Crippen molar-refractivity contribution in [2.24, 2.45) is 5.92 Å². The van der Waals surface area contributed by atoms with Crippen LogP contribution >= 0.6 is 0 Å². The summed E-state index contributed by atoms with van der Waals surface area (Å²) in [5, 5.41) is 12.8. The van der Waals surface area contributed by atoms with Gasteiger partial charge in [-0.15, -0.1) is 0 Å². The van der Waals surface area contributed by atoms with E-state index in [2.05, 4.69) is 12.2 Å². The lowest BCUT2D eigenvalue weighted by atomic mass is 9.72. The number of carboxylic acid groups (broad SMARTS) is 1. The zero-order valence-corrected chi connectivity index (χ0v) is 24.2. The van der Waals surface area contributed by atoms with Crippen LogP contribution < -0.4 is 5.32 Å². The molecular formula is C31H44N2O5S. The van der Waals surface area contributed by atoms with Crippen LogP contribution in [0, 0.1) is 5.92 Å². The van der Waals surface area contributed by atoms with Gasteiger partial charge in [0.15, 0.2) is 0 Å². The van der Waals surface area contributed by atoms with E-state index in [-0.39, 0.29) is 24.7 Å². The summed E-state index contributed by atoms with van der Waals surface area (Å²) < 4.78 is 27.7. The molecule has 39 heavy (non-hydrogen) atoms. The first kappa shape index (κ1) is 30.8. The molecule has 2 atom stereocenters. The fourth-order valence-electron chi connectivity index (χ4n) is 5.44. The summed E-state index contributed by atoms with van der Waals surface area (Å²) in [5.41, 5.74) is 0.845. The van der Waals surface area contributed by atoms with Crippen molar-refractivity contribution < 1.29 is 23.1 Å². The number of piperidine rings is 1. The van der Waals surface area contributed by atoms with Crippen molar-refractivity contribution >= 4 is 21.9 Å². The summed E-state index contributed by atoms with van der Waals surface area (Å²) in [5.74, 6) is -1.87. The van der Waals surface area contributed by atoms with Crippen LogP contribution in [0.4, 0.5) is 0 Å². The lowest BCUT2D eigenvalue weighted by Gasteiger charge is -2.41. The molecule has 2 unspecified atom stereocenters. The number of carbonyl (C=O) groups excluding carboxylic acids is 1. The van der Waals surface area contributed by atoms with Gasteiger partial charge in [-0.05, 0) is 43.7 Å². The molecule has 1 fully saturated rings. The van der Waals surface area contributed by atoms with E-state index in [0.717, 1.165) is 36.8 Å². The molecule has 2 aromatic carbocycles. The highest BCUT2D eigenvalue weighted by Gasteiger charge is 2.45. The Labute approximate surface area is 234 Å². The maximum atomic E-state index is 14.0. The molecule has 0 saturated carbocycles. The van der Waals surface area contributed by atoms with Crippen LogP contribution in [0.15, 0.2) is 60.7 Å². The normalized spacial score (nSPS) is 17.3. The molecule has 0 spiro atoms. The van der Waals surface area contributed by atoms with Gasteiger partial charge in [0.2, 0.25) is 15.9 Å². The van der Waals surface area contributed by atoms with Gasteiger partial charge in [0.05, 0.1) is 17.1 Å². The quantitative estimate of drug-likeness (QED) is 0.295. The van der Waals surface area contributed by atoms with Crippen molar-refractivity contribution in [2.75, 3.05) is 18.8 Å². The van der Waals surface area contributed by atoms with Crippen molar-refractivity contribution in [3.8, 4) is 0 Å². The van der Waals surface area contributed by atoms with Gasteiger partial charge in [-0.25, -0.2) is 12.7 Å². The molecule has 0 aliphatic carbocycles. The average Bonchev–Trinajstić information content (AvgIpc) is 2.95. The molecule has 7 nitrogen and oxygen atoms in total. The van der Waals surface area contributed by atoms with E-state index in [9.17, 15) is 23.1 Å². The van der Waals surface area contributed by atoms with E-state index in [1.54, 1.807) is 6.92 Å². The molecule has 8 heteroatoms. The minimum absolute atomic E-state index is 0.138. The predicted molar refractivity (Wildman–Crippen MR) is 155 cm³/mol. The van der Waals surface area contributed by atoms with Gasteiger partial charge in [-0.2, -0.15) is 0 Å². The highest BCUT2D eigenvalue weighted by molar-refractivity contribution is 7.89. The van der Waals surface area contributed by atoms with E-state index in [1.165, 1.54) is 10.7 Å². The van der Waals surface area contributed by atoms with Crippen LogP contribution in [0.5, 0.6) is 0 Å².